The Hall–Kier alpha value is -2.44. The summed E-state index contributed by atoms with van der Waals surface area (Å²) >= 11 is 4.65. The molecular weight excluding hydrogens is 420 g/mol. The fraction of sp³-hybridized carbons (Fsp3) is 0.235. The average molecular weight is 435 g/mol. The van der Waals surface area contributed by atoms with E-state index in [4.69, 9.17) is 15.2 Å². The Morgan fingerprint density at radius 1 is 1.46 bits per heavy atom. The zero-order valence-electron chi connectivity index (χ0n) is 14.2. The van der Waals surface area contributed by atoms with Crippen LogP contribution in [0.4, 0.5) is 0 Å². The number of hydrogen-bond donors (Lipinski definition) is 1. The molecule has 2 heterocycles. The second-order valence-corrected chi connectivity index (χ2v) is 7.31. The van der Waals surface area contributed by atoms with Crippen LogP contribution in [-0.4, -0.2) is 30.3 Å². The number of ether oxygens (including phenoxy) is 2. The van der Waals surface area contributed by atoms with Gasteiger partial charge in [-0.05, 0) is 52.3 Å². The lowest BCUT2D eigenvalue weighted by Crippen LogP contribution is -2.38. The van der Waals surface area contributed by atoms with Gasteiger partial charge in [-0.15, -0.1) is 0 Å². The first-order valence-electron chi connectivity index (χ1n) is 7.51. The number of rotatable bonds is 3. The molecule has 0 fully saturated rings. The van der Waals surface area contributed by atoms with Crippen molar-refractivity contribution in [3.63, 3.8) is 0 Å². The number of hydrogen-bond acceptors (Lipinski definition) is 8. The Labute approximate surface area is 163 Å². The molecule has 1 aromatic rings. The van der Waals surface area contributed by atoms with Crippen molar-refractivity contribution in [3.8, 4) is 11.8 Å². The van der Waals surface area contributed by atoms with Crippen LogP contribution in [-0.2, 0) is 9.53 Å². The number of halogens is 1. The minimum absolute atomic E-state index is 0.266. The predicted octanol–water partition coefficient (Wildman–Crippen LogP) is 3.02. The summed E-state index contributed by atoms with van der Waals surface area (Å²) in [5.41, 5.74) is 7.87. The van der Waals surface area contributed by atoms with Gasteiger partial charge in [0, 0.05) is 0 Å². The molecule has 0 aliphatic carbocycles. The van der Waals surface area contributed by atoms with Crippen LogP contribution in [0.3, 0.4) is 0 Å². The summed E-state index contributed by atoms with van der Waals surface area (Å²) in [5, 5.41) is 9.88. The van der Waals surface area contributed by atoms with Gasteiger partial charge in [0.25, 0.3) is 0 Å². The molecule has 134 valence electrons. The molecule has 0 aromatic heterocycles. The van der Waals surface area contributed by atoms with Gasteiger partial charge in [0.15, 0.2) is 5.17 Å². The molecule has 0 saturated carbocycles. The number of fused-ring (bicyclic) bond motifs is 1. The summed E-state index contributed by atoms with van der Waals surface area (Å²) in [6, 6.07) is 7.01. The molecule has 26 heavy (non-hydrogen) atoms. The SMILES string of the molecule is COC(=O)C1=C(C)N=C2SC(C#N)=C(N)N2[C@H]1c1ccc(OC)c(Br)c1. The van der Waals surface area contributed by atoms with Gasteiger partial charge < -0.3 is 15.2 Å². The average Bonchev–Trinajstić information content (AvgIpc) is 2.95. The van der Waals surface area contributed by atoms with Crippen molar-refractivity contribution in [2.75, 3.05) is 14.2 Å². The van der Waals surface area contributed by atoms with E-state index < -0.39 is 12.0 Å². The lowest BCUT2D eigenvalue weighted by molar-refractivity contribution is -0.136. The van der Waals surface area contributed by atoms with Crippen molar-refractivity contribution < 1.29 is 14.3 Å². The van der Waals surface area contributed by atoms with E-state index in [-0.39, 0.29) is 5.82 Å². The highest BCUT2D eigenvalue weighted by Gasteiger charge is 2.42. The first-order chi connectivity index (χ1) is 12.4. The molecule has 0 bridgehead atoms. The summed E-state index contributed by atoms with van der Waals surface area (Å²) in [4.78, 5) is 19.0. The number of aliphatic imine (C=N–C) groups is 1. The smallest absolute Gasteiger partial charge is 0.338 e. The number of nitrogens with zero attached hydrogens (tertiary/aromatic N) is 3. The quantitative estimate of drug-likeness (QED) is 0.729. The number of benzene rings is 1. The van der Waals surface area contributed by atoms with E-state index in [1.165, 1.54) is 18.9 Å². The normalized spacial score (nSPS) is 19.1. The summed E-state index contributed by atoms with van der Waals surface area (Å²) in [6.45, 7) is 1.74. The monoisotopic (exact) mass is 434 g/mol. The Morgan fingerprint density at radius 2 is 2.19 bits per heavy atom. The van der Waals surface area contributed by atoms with Gasteiger partial charge in [-0.3, -0.25) is 4.90 Å². The van der Waals surface area contributed by atoms with Gasteiger partial charge in [0.05, 0.1) is 36.0 Å². The van der Waals surface area contributed by atoms with Gasteiger partial charge in [0.2, 0.25) is 0 Å². The Balaban J connectivity index is 2.21. The van der Waals surface area contributed by atoms with E-state index in [0.717, 1.165) is 10.0 Å². The van der Waals surface area contributed by atoms with E-state index in [1.54, 1.807) is 25.0 Å². The highest BCUT2D eigenvalue weighted by Crippen LogP contribution is 2.46. The van der Waals surface area contributed by atoms with Crippen LogP contribution in [0.25, 0.3) is 0 Å². The third-order valence-corrected chi connectivity index (χ3v) is 5.67. The summed E-state index contributed by atoms with van der Waals surface area (Å²) < 4.78 is 11.0. The van der Waals surface area contributed by atoms with Gasteiger partial charge in [0.1, 0.15) is 22.5 Å². The lowest BCUT2D eigenvalue weighted by atomic mass is 9.94. The van der Waals surface area contributed by atoms with E-state index in [9.17, 15) is 10.1 Å². The Morgan fingerprint density at radius 3 is 2.77 bits per heavy atom. The van der Waals surface area contributed by atoms with Crippen molar-refractivity contribution in [3.05, 3.63) is 50.2 Å². The first-order valence-corrected chi connectivity index (χ1v) is 9.12. The number of nitrogens with two attached hydrogens (primary N) is 1. The van der Waals surface area contributed by atoms with Gasteiger partial charge >= 0.3 is 5.97 Å². The van der Waals surface area contributed by atoms with Crippen LogP contribution in [0.1, 0.15) is 18.5 Å². The van der Waals surface area contributed by atoms with Crippen LogP contribution >= 0.6 is 27.7 Å². The molecular formula is C17H15BrN4O3S. The third kappa shape index (κ3) is 2.85. The molecule has 2 N–H and O–H groups in total. The molecule has 2 aliphatic rings. The van der Waals surface area contributed by atoms with Crippen molar-refractivity contribution in [1.82, 2.24) is 4.90 Å². The van der Waals surface area contributed by atoms with Crippen LogP contribution in [0, 0.1) is 11.3 Å². The van der Waals surface area contributed by atoms with E-state index in [2.05, 4.69) is 27.0 Å². The van der Waals surface area contributed by atoms with Gasteiger partial charge in [-0.2, -0.15) is 5.26 Å². The number of allylic oxidation sites excluding steroid dienone is 2. The fourth-order valence-electron chi connectivity index (χ4n) is 2.88. The van der Waals surface area contributed by atoms with Gasteiger partial charge in [-0.1, -0.05) is 6.07 Å². The molecule has 2 aliphatic heterocycles. The second kappa shape index (κ2) is 7.05. The number of carbonyl (C=O) groups excluding carboxylic acids is 1. The zero-order valence-corrected chi connectivity index (χ0v) is 16.6. The highest BCUT2D eigenvalue weighted by atomic mass is 79.9. The first kappa shape index (κ1) is 18.4. The van der Waals surface area contributed by atoms with E-state index in [1.807, 2.05) is 12.1 Å². The molecule has 0 amide bonds. The van der Waals surface area contributed by atoms with Crippen LogP contribution in [0.15, 0.2) is 49.7 Å². The van der Waals surface area contributed by atoms with Crippen molar-refractivity contribution in [2.24, 2.45) is 10.7 Å². The second-order valence-electron chi connectivity index (χ2n) is 5.48. The molecule has 1 atom stereocenters. The number of thioether (sulfide) groups is 1. The lowest BCUT2D eigenvalue weighted by Gasteiger charge is -2.34. The molecule has 1 aromatic carbocycles. The van der Waals surface area contributed by atoms with Crippen LogP contribution in [0.5, 0.6) is 5.75 Å². The van der Waals surface area contributed by atoms with Crippen LogP contribution < -0.4 is 10.5 Å². The topological polar surface area (TPSA) is 101 Å². The number of esters is 1. The molecule has 0 radical (unpaired) electrons. The molecule has 3 rings (SSSR count). The van der Waals surface area contributed by atoms with Crippen molar-refractivity contribution in [2.45, 2.75) is 13.0 Å². The number of methoxy groups -OCH3 is 2. The van der Waals surface area contributed by atoms with E-state index >= 15 is 0 Å². The molecule has 0 spiro atoms. The number of amidine groups is 1. The minimum atomic E-state index is -0.560. The summed E-state index contributed by atoms with van der Waals surface area (Å²) in [7, 11) is 2.90. The fourth-order valence-corrected chi connectivity index (χ4v) is 4.35. The Kier molecular flexibility index (Phi) is 4.98. The molecule has 7 nitrogen and oxygen atoms in total. The summed E-state index contributed by atoms with van der Waals surface area (Å²) in [5.74, 6) is 0.434. The molecule has 0 saturated heterocycles. The highest BCUT2D eigenvalue weighted by molar-refractivity contribution is 9.10. The van der Waals surface area contributed by atoms with E-state index in [0.29, 0.717) is 27.1 Å². The number of carbonyl (C=O) groups is 1. The van der Waals surface area contributed by atoms with Crippen molar-refractivity contribution >= 4 is 38.8 Å². The van der Waals surface area contributed by atoms with Crippen LogP contribution in [0.2, 0.25) is 0 Å². The maximum Gasteiger partial charge on any atom is 0.338 e. The predicted molar refractivity (Wildman–Crippen MR) is 102 cm³/mol. The maximum atomic E-state index is 12.5. The largest absolute Gasteiger partial charge is 0.496 e. The van der Waals surface area contributed by atoms with Crippen molar-refractivity contribution in [1.29, 1.82) is 5.26 Å². The third-order valence-electron chi connectivity index (χ3n) is 4.07. The molecule has 9 heteroatoms. The maximum absolute atomic E-state index is 12.5. The van der Waals surface area contributed by atoms with Gasteiger partial charge in [-0.25, -0.2) is 9.79 Å². The minimum Gasteiger partial charge on any atom is -0.496 e. The Bertz CT molecular complexity index is 932. The summed E-state index contributed by atoms with van der Waals surface area (Å²) in [6.07, 6.45) is 0. The standard InChI is InChI=1S/C17H15BrN4O3S/c1-8-13(16(23)25-3)14(9-4-5-11(24-2)10(18)6-9)22-15(20)12(7-19)26-17(22)21-8/h4-6,14H,20H2,1-3H3/t14-/m0/s1. The molecule has 0 unspecified atom stereocenters. The zero-order chi connectivity index (χ0) is 19.0. The number of nitriles is 1.